The minimum absolute atomic E-state index is 0.122. The first kappa shape index (κ1) is 18.4. The number of amides is 1. The highest BCUT2D eigenvalue weighted by Gasteiger charge is 2.35. The zero-order valence-corrected chi connectivity index (χ0v) is 17.5. The third-order valence-corrected chi connectivity index (χ3v) is 6.57. The van der Waals surface area contributed by atoms with Crippen molar-refractivity contribution in [3.63, 3.8) is 0 Å². The quantitative estimate of drug-likeness (QED) is 0.583. The van der Waals surface area contributed by atoms with Crippen molar-refractivity contribution >= 4 is 23.4 Å². The Morgan fingerprint density at radius 1 is 1.10 bits per heavy atom. The van der Waals surface area contributed by atoms with Gasteiger partial charge in [-0.05, 0) is 56.9 Å². The van der Waals surface area contributed by atoms with Crippen LogP contribution in [0.15, 0.2) is 59.8 Å². The van der Waals surface area contributed by atoms with Crippen LogP contribution >= 0.6 is 11.8 Å². The molecule has 0 N–H and O–H groups in total. The summed E-state index contributed by atoms with van der Waals surface area (Å²) in [6, 6.07) is 18.5. The molecule has 1 aliphatic carbocycles. The van der Waals surface area contributed by atoms with Gasteiger partial charge in [0.15, 0.2) is 0 Å². The van der Waals surface area contributed by atoms with Crippen molar-refractivity contribution in [3.05, 3.63) is 66.0 Å². The van der Waals surface area contributed by atoms with Crippen LogP contribution < -0.4 is 4.90 Å². The second-order valence-electron chi connectivity index (χ2n) is 7.92. The molecule has 5 rings (SSSR count). The van der Waals surface area contributed by atoms with Gasteiger partial charge in [-0.2, -0.15) is 0 Å². The van der Waals surface area contributed by atoms with E-state index in [1.165, 1.54) is 17.3 Å². The molecular weight excluding hydrogens is 380 g/mol. The van der Waals surface area contributed by atoms with Crippen molar-refractivity contribution in [1.29, 1.82) is 0 Å². The summed E-state index contributed by atoms with van der Waals surface area (Å²) in [7, 11) is 0. The number of hydrogen-bond acceptors (Lipinski definition) is 4. The molecule has 148 valence electrons. The number of anilines is 1. The van der Waals surface area contributed by atoms with Gasteiger partial charge in [-0.15, -0.1) is 5.10 Å². The van der Waals surface area contributed by atoms with Gasteiger partial charge in [0.25, 0.3) is 0 Å². The number of benzene rings is 2. The summed E-state index contributed by atoms with van der Waals surface area (Å²) in [5.74, 6) is 1.61. The van der Waals surface area contributed by atoms with Crippen LogP contribution in [0.4, 0.5) is 5.69 Å². The van der Waals surface area contributed by atoms with Crippen LogP contribution in [-0.4, -0.2) is 32.0 Å². The zero-order chi connectivity index (χ0) is 20.0. The van der Waals surface area contributed by atoms with E-state index in [0.29, 0.717) is 11.1 Å². The summed E-state index contributed by atoms with van der Waals surface area (Å²) in [6.45, 7) is 4.07. The predicted molar refractivity (Wildman–Crippen MR) is 116 cm³/mol. The molecule has 1 fully saturated rings. The molecular formula is C23H24N4OS. The third kappa shape index (κ3) is 3.46. The van der Waals surface area contributed by atoms with E-state index in [1.54, 1.807) is 0 Å². The van der Waals surface area contributed by atoms with Gasteiger partial charge in [0.1, 0.15) is 5.82 Å². The van der Waals surface area contributed by atoms with Gasteiger partial charge in [0.2, 0.25) is 11.1 Å². The van der Waals surface area contributed by atoms with Crippen LogP contribution in [0, 0.1) is 0 Å². The fourth-order valence-corrected chi connectivity index (χ4v) is 4.83. The highest BCUT2D eigenvalue weighted by Crippen LogP contribution is 2.41. The number of para-hydroxylation sites is 2. The lowest BCUT2D eigenvalue weighted by atomic mass is 10.1. The minimum Gasteiger partial charge on any atom is -0.308 e. The van der Waals surface area contributed by atoms with Crippen LogP contribution in [-0.2, 0) is 11.2 Å². The SMILES string of the molecule is C[C@@H]1Cc2ccccc2N1C(=O)[C@@H](C)Sc1nc(C2CC2)n(-c2ccccc2)n1. The van der Waals surface area contributed by atoms with Gasteiger partial charge >= 0.3 is 0 Å². The summed E-state index contributed by atoms with van der Waals surface area (Å²) in [6.07, 6.45) is 3.23. The normalized spacial score (nSPS) is 19.2. The summed E-state index contributed by atoms with van der Waals surface area (Å²) in [4.78, 5) is 20.0. The van der Waals surface area contributed by atoms with E-state index >= 15 is 0 Å². The highest BCUT2D eigenvalue weighted by molar-refractivity contribution is 8.00. The van der Waals surface area contributed by atoms with Gasteiger partial charge in [-0.25, -0.2) is 9.67 Å². The molecule has 5 nitrogen and oxygen atoms in total. The van der Waals surface area contributed by atoms with Crippen LogP contribution in [0.5, 0.6) is 0 Å². The summed E-state index contributed by atoms with van der Waals surface area (Å²) >= 11 is 1.46. The number of fused-ring (bicyclic) bond motifs is 1. The number of thioether (sulfide) groups is 1. The fourth-order valence-electron chi connectivity index (χ4n) is 4.03. The molecule has 1 aromatic heterocycles. The number of nitrogens with zero attached hydrogens (tertiary/aromatic N) is 4. The second-order valence-corrected chi connectivity index (χ2v) is 9.23. The second kappa shape index (κ2) is 7.34. The van der Waals surface area contributed by atoms with Gasteiger partial charge in [-0.3, -0.25) is 4.79 Å². The van der Waals surface area contributed by atoms with Gasteiger partial charge in [0, 0.05) is 17.6 Å². The van der Waals surface area contributed by atoms with Crippen LogP contribution in [0.3, 0.4) is 0 Å². The Balaban J connectivity index is 1.39. The van der Waals surface area contributed by atoms with E-state index in [1.807, 2.05) is 65.0 Å². The maximum absolute atomic E-state index is 13.3. The average Bonchev–Trinajstić information content (AvgIpc) is 3.41. The van der Waals surface area contributed by atoms with Crippen molar-refractivity contribution < 1.29 is 4.79 Å². The van der Waals surface area contributed by atoms with E-state index < -0.39 is 0 Å². The first-order chi connectivity index (χ1) is 14.1. The molecule has 2 aromatic carbocycles. The van der Waals surface area contributed by atoms with Crippen molar-refractivity contribution in [3.8, 4) is 5.69 Å². The van der Waals surface area contributed by atoms with Gasteiger partial charge in [0.05, 0.1) is 10.9 Å². The average molecular weight is 405 g/mol. The lowest BCUT2D eigenvalue weighted by Crippen LogP contribution is -2.40. The Morgan fingerprint density at radius 3 is 2.59 bits per heavy atom. The summed E-state index contributed by atoms with van der Waals surface area (Å²) in [5.41, 5.74) is 3.31. The summed E-state index contributed by atoms with van der Waals surface area (Å²) < 4.78 is 1.95. The maximum Gasteiger partial charge on any atom is 0.240 e. The fraction of sp³-hybridized carbons (Fsp3) is 0.348. The molecule has 0 spiro atoms. The Kier molecular flexibility index (Phi) is 4.66. The molecule has 1 aliphatic heterocycles. The van der Waals surface area contributed by atoms with Crippen LogP contribution in [0.1, 0.15) is 44.0 Å². The van der Waals surface area contributed by atoms with E-state index in [0.717, 1.165) is 36.5 Å². The molecule has 29 heavy (non-hydrogen) atoms. The lowest BCUT2D eigenvalue weighted by Gasteiger charge is -2.25. The van der Waals surface area contributed by atoms with Crippen LogP contribution in [0.2, 0.25) is 0 Å². The third-order valence-electron chi connectivity index (χ3n) is 5.63. The topological polar surface area (TPSA) is 51.0 Å². The molecule has 6 heteroatoms. The smallest absolute Gasteiger partial charge is 0.240 e. The number of aromatic nitrogens is 3. The molecule has 3 aromatic rings. The van der Waals surface area contributed by atoms with E-state index in [2.05, 4.69) is 13.0 Å². The highest BCUT2D eigenvalue weighted by atomic mass is 32.2. The lowest BCUT2D eigenvalue weighted by molar-refractivity contribution is -0.118. The number of carbonyl (C=O) groups is 1. The van der Waals surface area contributed by atoms with E-state index in [4.69, 9.17) is 10.1 Å². The summed E-state index contributed by atoms with van der Waals surface area (Å²) in [5, 5.41) is 5.18. The minimum atomic E-state index is -0.248. The molecule has 0 unspecified atom stereocenters. The number of hydrogen-bond donors (Lipinski definition) is 0. The van der Waals surface area contributed by atoms with E-state index in [-0.39, 0.29) is 17.2 Å². The first-order valence-corrected chi connectivity index (χ1v) is 11.1. The Morgan fingerprint density at radius 2 is 1.83 bits per heavy atom. The van der Waals surface area contributed by atoms with Gasteiger partial charge in [-0.1, -0.05) is 48.2 Å². The molecule has 0 radical (unpaired) electrons. The molecule has 2 atom stereocenters. The van der Waals surface area contributed by atoms with Crippen molar-refractivity contribution in [2.24, 2.45) is 0 Å². The number of rotatable bonds is 5. The Hall–Kier alpha value is -2.60. The molecule has 0 saturated heterocycles. The molecule has 0 bridgehead atoms. The van der Waals surface area contributed by atoms with Crippen molar-refractivity contribution in [1.82, 2.24) is 14.8 Å². The molecule has 1 saturated carbocycles. The Bertz CT molecular complexity index is 1040. The monoisotopic (exact) mass is 404 g/mol. The predicted octanol–water partition coefficient (Wildman–Crippen LogP) is 4.60. The molecule has 1 amide bonds. The molecule has 2 aliphatic rings. The largest absolute Gasteiger partial charge is 0.308 e. The zero-order valence-electron chi connectivity index (χ0n) is 16.7. The standard InChI is InChI=1S/C23H24N4OS/c1-15-14-18-8-6-7-11-20(18)26(15)22(28)16(2)29-23-24-21(17-12-13-17)27(25-23)19-9-4-3-5-10-19/h3-11,15-17H,12-14H2,1-2H3/t15-,16-/m1/s1. The van der Waals surface area contributed by atoms with E-state index in [9.17, 15) is 4.79 Å². The van der Waals surface area contributed by atoms with Crippen LogP contribution in [0.25, 0.3) is 5.69 Å². The van der Waals surface area contributed by atoms with Crippen molar-refractivity contribution in [2.45, 2.75) is 55.5 Å². The number of carbonyl (C=O) groups excluding carboxylic acids is 1. The van der Waals surface area contributed by atoms with Gasteiger partial charge < -0.3 is 4.90 Å². The van der Waals surface area contributed by atoms with Crippen molar-refractivity contribution in [2.75, 3.05) is 4.90 Å². The Labute approximate surface area is 175 Å². The maximum atomic E-state index is 13.3. The molecule has 2 heterocycles. The first-order valence-electron chi connectivity index (χ1n) is 10.2.